The number of amides is 1. The number of halogens is 1. The number of carbonyl (C=O) groups excluding carboxylic acids is 1. The summed E-state index contributed by atoms with van der Waals surface area (Å²) < 4.78 is 0. The second kappa shape index (κ2) is 6.33. The quantitative estimate of drug-likeness (QED) is 0.639. The van der Waals surface area contributed by atoms with E-state index in [0.29, 0.717) is 0 Å². The Morgan fingerprint density at radius 3 is 2.40 bits per heavy atom. The van der Waals surface area contributed by atoms with Crippen molar-refractivity contribution in [3.05, 3.63) is 38.9 Å². The van der Waals surface area contributed by atoms with Crippen molar-refractivity contribution < 1.29 is 19.6 Å². The monoisotopic (exact) mass is 300 g/mol. The van der Waals surface area contributed by atoms with Crippen molar-refractivity contribution >= 4 is 29.2 Å². The van der Waals surface area contributed by atoms with Gasteiger partial charge in [-0.2, -0.15) is 0 Å². The topological polar surface area (TPSA) is 110 Å². The van der Waals surface area contributed by atoms with Crippen LogP contribution < -0.4 is 5.32 Å². The molecule has 0 spiro atoms. The first-order chi connectivity index (χ1) is 9.23. The fourth-order valence-electron chi connectivity index (χ4n) is 1.53. The third-order valence-corrected chi connectivity index (χ3v) is 2.93. The highest BCUT2D eigenvalue weighted by molar-refractivity contribution is 6.33. The van der Waals surface area contributed by atoms with Crippen molar-refractivity contribution in [1.29, 1.82) is 0 Å². The highest BCUT2D eigenvalue weighted by Gasteiger charge is 2.24. The number of aliphatic carboxylic acids is 1. The lowest BCUT2D eigenvalue weighted by atomic mass is 10.0. The van der Waals surface area contributed by atoms with Crippen LogP contribution in [0.15, 0.2) is 18.2 Å². The van der Waals surface area contributed by atoms with Gasteiger partial charge in [0.05, 0.1) is 4.92 Å². The molecule has 0 aliphatic carbocycles. The van der Waals surface area contributed by atoms with Crippen LogP contribution in [0.25, 0.3) is 0 Å². The Balaban J connectivity index is 2.96. The first kappa shape index (κ1) is 15.9. The molecule has 1 amide bonds. The number of hydrogen-bond donors (Lipinski definition) is 2. The Labute approximate surface area is 119 Å². The van der Waals surface area contributed by atoms with E-state index in [9.17, 15) is 19.7 Å². The Bertz CT molecular complexity index is 559. The molecular weight excluding hydrogens is 288 g/mol. The van der Waals surface area contributed by atoms with Gasteiger partial charge in [0.1, 0.15) is 11.1 Å². The second-order valence-electron chi connectivity index (χ2n) is 4.46. The van der Waals surface area contributed by atoms with Crippen LogP contribution in [0.4, 0.5) is 5.69 Å². The van der Waals surface area contributed by atoms with Gasteiger partial charge in [-0.3, -0.25) is 14.9 Å². The minimum absolute atomic E-state index is 0.0625. The summed E-state index contributed by atoms with van der Waals surface area (Å²) in [4.78, 5) is 32.8. The van der Waals surface area contributed by atoms with Crippen LogP contribution in [0.5, 0.6) is 0 Å². The summed E-state index contributed by atoms with van der Waals surface area (Å²) in [6, 6.07) is 2.41. The molecule has 2 N–H and O–H groups in total. The summed E-state index contributed by atoms with van der Waals surface area (Å²) in [7, 11) is 0. The van der Waals surface area contributed by atoms with E-state index in [2.05, 4.69) is 5.32 Å². The van der Waals surface area contributed by atoms with Gasteiger partial charge in [-0.1, -0.05) is 25.4 Å². The molecule has 20 heavy (non-hydrogen) atoms. The number of nitro groups is 1. The minimum Gasteiger partial charge on any atom is -0.480 e. The summed E-state index contributed by atoms with van der Waals surface area (Å²) in [5.74, 6) is -2.10. The lowest BCUT2D eigenvalue weighted by Crippen LogP contribution is -2.44. The molecule has 1 aromatic carbocycles. The van der Waals surface area contributed by atoms with Crippen molar-refractivity contribution in [3.63, 3.8) is 0 Å². The van der Waals surface area contributed by atoms with E-state index < -0.39 is 22.8 Å². The van der Waals surface area contributed by atoms with Crippen molar-refractivity contribution in [2.45, 2.75) is 19.9 Å². The van der Waals surface area contributed by atoms with Gasteiger partial charge in [-0.05, 0) is 18.1 Å². The molecule has 1 rings (SSSR count). The molecule has 0 fully saturated rings. The highest BCUT2D eigenvalue weighted by Crippen LogP contribution is 2.25. The molecule has 8 heteroatoms. The zero-order chi connectivity index (χ0) is 15.4. The van der Waals surface area contributed by atoms with E-state index >= 15 is 0 Å². The van der Waals surface area contributed by atoms with Gasteiger partial charge in [-0.15, -0.1) is 0 Å². The Morgan fingerprint density at radius 1 is 1.40 bits per heavy atom. The average molecular weight is 301 g/mol. The van der Waals surface area contributed by atoms with Crippen molar-refractivity contribution in [2.75, 3.05) is 0 Å². The predicted molar refractivity (Wildman–Crippen MR) is 71.8 cm³/mol. The Kier molecular flexibility index (Phi) is 5.04. The molecule has 0 aliphatic rings. The standard InChI is InChI=1S/C12H13ClN2O5/c1-6(2)10(12(17)18)14-11(16)7-3-4-9(15(19)20)8(13)5-7/h3-6,10H,1-2H3,(H,14,16)(H,17,18)/t10-/m0/s1. The summed E-state index contributed by atoms with van der Waals surface area (Å²) in [6.45, 7) is 3.31. The zero-order valence-electron chi connectivity index (χ0n) is 10.8. The predicted octanol–water partition coefficient (Wildman–Crippen LogP) is 2.09. The zero-order valence-corrected chi connectivity index (χ0v) is 11.5. The number of hydrogen-bond acceptors (Lipinski definition) is 4. The van der Waals surface area contributed by atoms with Crippen molar-refractivity contribution in [3.8, 4) is 0 Å². The van der Waals surface area contributed by atoms with Crippen LogP contribution in [0.1, 0.15) is 24.2 Å². The van der Waals surface area contributed by atoms with E-state index in [-0.39, 0.29) is 22.2 Å². The van der Waals surface area contributed by atoms with Gasteiger partial charge in [0.25, 0.3) is 11.6 Å². The summed E-state index contributed by atoms with van der Waals surface area (Å²) in [5, 5.41) is 21.7. The van der Waals surface area contributed by atoms with Gasteiger partial charge >= 0.3 is 5.97 Å². The van der Waals surface area contributed by atoms with Gasteiger partial charge in [-0.25, -0.2) is 4.79 Å². The van der Waals surface area contributed by atoms with Crippen LogP contribution in [0.3, 0.4) is 0 Å². The molecule has 0 heterocycles. The number of carboxylic acids is 1. The summed E-state index contributed by atoms with van der Waals surface area (Å²) >= 11 is 5.69. The smallest absolute Gasteiger partial charge is 0.326 e. The molecular formula is C12H13ClN2O5. The molecule has 0 saturated heterocycles. The van der Waals surface area contributed by atoms with E-state index in [1.807, 2.05) is 0 Å². The van der Waals surface area contributed by atoms with Gasteiger partial charge < -0.3 is 10.4 Å². The molecule has 0 unspecified atom stereocenters. The second-order valence-corrected chi connectivity index (χ2v) is 4.86. The third-order valence-electron chi connectivity index (χ3n) is 2.63. The van der Waals surface area contributed by atoms with Crippen molar-refractivity contribution in [1.82, 2.24) is 5.32 Å². The average Bonchev–Trinajstić information content (AvgIpc) is 2.34. The molecule has 0 aliphatic heterocycles. The van der Waals surface area contributed by atoms with Gasteiger partial charge in [0.15, 0.2) is 0 Å². The third kappa shape index (κ3) is 3.67. The summed E-state index contributed by atoms with van der Waals surface area (Å²) in [6.07, 6.45) is 0. The molecule has 0 aromatic heterocycles. The number of nitrogens with zero attached hydrogens (tertiary/aromatic N) is 1. The van der Waals surface area contributed by atoms with Crippen LogP contribution in [-0.2, 0) is 4.79 Å². The van der Waals surface area contributed by atoms with Crippen LogP contribution in [0, 0.1) is 16.0 Å². The number of carboxylic acid groups (broad SMARTS) is 1. The van der Waals surface area contributed by atoms with Crippen molar-refractivity contribution in [2.24, 2.45) is 5.92 Å². The molecule has 0 bridgehead atoms. The number of nitrogens with one attached hydrogen (secondary N) is 1. The lowest BCUT2D eigenvalue weighted by molar-refractivity contribution is -0.384. The van der Waals surface area contributed by atoms with E-state index in [1.165, 1.54) is 6.07 Å². The number of carbonyl (C=O) groups is 2. The first-order valence-corrected chi connectivity index (χ1v) is 6.09. The summed E-state index contributed by atoms with van der Waals surface area (Å²) in [5.41, 5.74) is -0.255. The molecule has 7 nitrogen and oxygen atoms in total. The first-order valence-electron chi connectivity index (χ1n) is 5.71. The number of rotatable bonds is 5. The lowest BCUT2D eigenvalue weighted by Gasteiger charge is -2.17. The normalized spacial score (nSPS) is 12.0. The maximum atomic E-state index is 11.9. The van der Waals surface area contributed by atoms with E-state index in [0.717, 1.165) is 12.1 Å². The molecule has 1 aromatic rings. The SMILES string of the molecule is CC(C)[C@H](NC(=O)c1ccc([N+](=O)[O-])c(Cl)c1)C(=O)O. The molecule has 1 atom stereocenters. The number of benzene rings is 1. The fourth-order valence-corrected chi connectivity index (χ4v) is 1.78. The van der Waals surface area contributed by atoms with Crippen LogP contribution >= 0.6 is 11.6 Å². The molecule has 0 saturated carbocycles. The molecule has 108 valence electrons. The van der Waals surface area contributed by atoms with Crippen LogP contribution in [-0.4, -0.2) is 27.9 Å². The maximum absolute atomic E-state index is 11.9. The van der Waals surface area contributed by atoms with E-state index in [4.69, 9.17) is 16.7 Å². The Morgan fingerprint density at radius 2 is 2.00 bits per heavy atom. The Hall–Kier alpha value is -2.15. The minimum atomic E-state index is -1.15. The highest BCUT2D eigenvalue weighted by atomic mass is 35.5. The van der Waals surface area contributed by atoms with Crippen LogP contribution in [0.2, 0.25) is 5.02 Å². The van der Waals surface area contributed by atoms with Gasteiger partial charge in [0, 0.05) is 11.6 Å². The largest absolute Gasteiger partial charge is 0.480 e. The molecule has 0 radical (unpaired) electrons. The number of nitro benzene ring substituents is 1. The van der Waals surface area contributed by atoms with E-state index in [1.54, 1.807) is 13.8 Å². The fraction of sp³-hybridized carbons (Fsp3) is 0.333. The maximum Gasteiger partial charge on any atom is 0.326 e. The van der Waals surface area contributed by atoms with Gasteiger partial charge in [0.2, 0.25) is 0 Å².